The number of guanidine groups is 1. The smallest absolute Gasteiger partial charge is 0.435 e. The van der Waals surface area contributed by atoms with Gasteiger partial charge in [-0.2, -0.15) is 18.3 Å². The molecule has 0 spiro atoms. The highest BCUT2D eigenvalue weighted by atomic mass is 35.5. The molecule has 0 fully saturated rings. The number of hydrogen-bond donors (Lipinski definition) is 2. The van der Waals surface area contributed by atoms with Crippen LogP contribution in [-0.2, 0) is 19.8 Å². The van der Waals surface area contributed by atoms with E-state index in [1.165, 1.54) is 20.4 Å². The van der Waals surface area contributed by atoms with E-state index < -0.39 is 11.9 Å². The van der Waals surface area contributed by atoms with Gasteiger partial charge in [-0.15, -0.1) is 0 Å². The van der Waals surface area contributed by atoms with Crippen molar-refractivity contribution in [3.63, 3.8) is 0 Å². The zero-order valence-electron chi connectivity index (χ0n) is 12.9. The van der Waals surface area contributed by atoms with Gasteiger partial charge in [-0.3, -0.25) is 4.68 Å². The molecule has 0 aliphatic heterocycles. The molecule has 0 saturated heterocycles. The van der Waals surface area contributed by atoms with Crippen molar-refractivity contribution >= 4 is 23.2 Å². The number of aliphatic imine (C=N–C) groups is 1. The average Bonchev–Trinajstić information content (AvgIpc) is 2.87. The van der Waals surface area contributed by atoms with Gasteiger partial charge >= 0.3 is 6.18 Å². The van der Waals surface area contributed by atoms with Crippen molar-refractivity contribution in [3.8, 4) is 5.75 Å². The molecule has 0 atom stereocenters. The highest BCUT2D eigenvalue weighted by Gasteiger charge is 2.36. The van der Waals surface area contributed by atoms with Gasteiger partial charge in [-0.05, 0) is 18.2 Å². The zero-order chi connectivity index (χ0) is 17.9. The minimum Gasteiger partial charge on any atom is -0.495 e. The van der Waals surface area contributed by atoms with E-state index in [0.29, 0.717) is 16.5 Å². The molecule has 1 aromatic carbocycles. The van der Waals surface area contributed by atoms with Crippen LogP contribution in [0.2, 0.25) is 5.02 Å². The van der Waals surface area contributed by atoms with E-state index in [-0.39, 0.29) is 18.1 Å². The van der Waals surface area contributed by atoms with Crippen LogP contribution in [-0.4, -0.2) is 22.8 Å². The molecule has 0 aliphatic carbocycles. The molecule has 10 heteroatoms. The number of halogens is 4. The Balaban J connectivity index is 2.11. The molecule has 6 nitrogen and oxygen atoms in total. The predicted molar refractivity (Wildman–Crippen MR) is 85.2 cm³/mol. The Hall–Kier alpha value is -2.42. The fourth-order valence-electron chi connectivity index (χ4n) is 1.99. The molecule has 130 valence electrons. The molecule has 0 radical (unpaired) electrons. The van der Waals surface area contributed by atoms with Gasteiger partial charge in [0.25, 0.3) is 0 Å². The summed E-state index contributed by atoms with van der Waals surface area (Å²) in [4.78, 5) is 3.91. The molecule has 0 unspecified atom stereocenters. The Morgan fingerprint density at radius 3 is 2.75 bits per heavy atom. The second kappa shape index (κ2) is 7.00. The van der Waals surface area contributed by atoms with Crippen LogP contribution in [0, 0.1) is 0 Å². The number of alkyl halides is 3. The third kappa shape index (κ3) is 4.31. The number of rotatable bonds is 4. The number of benzene rings is 1. The fourth-order valence-corrected chi connectivity index (χ4v) is 2.25. The molecule has 0 bridgehead atoms. The minimum atomic E-state index is -4.54. The summed E-state index contributed by atoms with van der Waals surface area (Å²) >= 11 is 5.98. The number of aryl methyl sites for hydroxylation is 1. The van der Waals surface area contributed by atoms with Crippen molar-refractivity contribution in [3.05, 3.63) is 40.7 Å². The summed E-state index contributed by atoms with van der Waals surface area (Å²) in [5, 5.41) is 6.52. The van der Waals surface area contributed by atoms with E-state index in [1.807, 2.05) is 0 Å². The van der Waals surface area contributed by atoms with E-state index in [0.717, 1.165) is 4.68 Å². The fraction of sp³-hybridized carbons (Fsp3) is 0.286. The van der Waals surface area contributed by atoms with Gasteiger partial charge in [0.1, 0.15) is 5.75 Å². The van der Waals surface area contributed by atoms with Crippen LogP contribution >= 0.6 is 11.6 Å². The first-order chi connectivity index (χ1) is 11.2. The van der Waals surface area contributed by atoms with Crippen LogP contribution in [0.4, 0.5) is 18.9 Å². The number of nitrogens with one attached hydrogen (secondary N) is 1. The van der Waals surface area contributed by atoms with Crippen molar-refractivity contribution in [1.29, 1.82) is 0 Å². The van der Waals surface area contributed by atoms with Crippen molar-refractivity contribution in [1.82, 2.24) is 9.78 Å². The summed E-state index contributed by atoms with van der Waals surface area (Å²) in [7, 11) is 2.89. The molecule has 0 aliphatic rings. The topological polar surface area (TPSA) is 77.5 Å². The van der Waals surface area contributed by atoms with Gasteiger partial charge in [-0.1, -0.05) is 11.6 Å². The van der Waals surface area contributed by atoms with Gasteiger partial charge in [0.15, 0.2) is 11.7 Å². The Bertz CT molecular complexity index is 757. The van der Waals surface area contributed by atoms with Crippen molar-refractivity contribution in [2.75, 3.05) is 12.4 Å². The maximum atomic E-state index is 12.9. The molecule has 1 heterocycles. The first-order valence-electron chi connectivity index (χ1n) is 6.71. The van der Waals surface area contributed by atoms with Crippen molar-refractivity contribution in [2.45, 2.75) is 12.7 Å². The lowest BCUT2D eigenvalue weighted by molar-refractivity contribution is -0.142. The molecule has 0 amide bonds. The second-order valence-corrected chi connectivity index (χ2v) is 5.26. The van der Waals surface area contributed by atoms with Crippen molar-refractivity contribution < 1.29 is 17.9 Å². The maximum absolute atomic E-state index is 12.9. The summed E-state index contributed by atoms with van der Waals surface area (Å²) in [6, 6.07) is 4.84. The lowest BCUT2D eigenvalue weighted by atomic mass is 10.2. The number of nitrogens with zero attached hydrogens (tertiary/aromatic N) is 3. The third-order valence-electron chi connectivity index (χ3n) is 3.02. The van der Waals surface area contributed by atoms with Gasteiger partial charge < -0.3 is 15.8 Å². The normalized spacial score (nSPS) is 12.3. The standard InChI is InChI=1S/C14H15ClF3N5O/c1-23-7-8(12(22-23)14(16,17)18)6-20-13(19)21-9-3-4-11(24-2)10(15)5-9/h3-5,7H,6H2,1-2H3,(H3,19,20,21). The molecule has 24 heavy (non-hydrogen) atoms. The number of anilines is 1. The molecule has 0 saturated carbocycles. The van der Waals surface area contributed by atoms with E-state index in [1.54, 1.807) is 18.2 Å². The summed E-state index contributed by atoms with van der Waals surface area (Å²) < 4.78 is 44.7. The highest BCUT2D eigenvalue weighted by molar-refractivity contribution is 6.32. The Morgan fingerprint density at radius 1 is 1.46 bits per heavy atom. The Kier molecular flexibility index (Phi) is 5.23. The number of methoxy groups -OCH3 is 1. The SMILES string of the molecule is COc1ccc(NC(N)=NCc2cn(C)nc2C(F)(F)F)cc1Cl. The summed E-state index contributed by atoms with van der Waals surface area (Å²) in [5.41, 5.74) is 5.18. The van der Waals surface area contributed by atoms with Crippen LogP contribution < -0.4 is 15.8 Å². The van der Waals surface area contributed by atoms with Gasteiger partial charge in [0, 0.05) is 24.5 Å². The third-order valence-corrected chi connectivity index (χ3v) is 3.31. The largest absolute Gasteiger partial charge is 0.495 e. The first kappa shape index (κ1) is 17.9. The second-order valence-electron chi connectivity index (χ2n) is 4.85. The van der Waals surface area contributed by atoms with E-state index in [2.05, 4.69) is 15.4 Å². The lowest BCUT2D eigenvalue weighted by Crippen LogP contribution is -2.22. The van der Waals surface area contributed by atoms with Crippen LogP contribution in [0.1, 0.15) is 11.3 Å². The van der Waals surface area contributed by atoms with Crippen LogP contribution in [0.15, 0.2) is 29.4 Å². The average molecular weight is 362 g/mol. The lowest BCUT2D eigenvalue weighted by Gasteiger charge is -2.09. The molecule has 2 rings (SSSR count). The zero-order valence-corrected chi connectivity index (χ0v) is 13.6. The van der Waals surface area contributed by atoms with Gasteiger partial charge in [-0.25, -0.2) is 4.99 Å². The molecule has 1 aromatic heterocycles. The molecule has 3 N–H and O–H groups in total. The Labute approximate surface area is 141 Å². The summed E-state index contributed by atoms with van der Waals surface area (Å²) in [6.45, 7) is -0.259. The van der Waals surface area contributed by atoms with E-state index >= 15 is 0 Å². The number of aromatic nitrogens is 2. The Morgan fingerprint density at radius 2 is 2.17 bits per heavy atom. The number of ether oxygens (including phenoxy) is 1. The number of hydrogen-bond acceptors (Lipinski definition) is 3. The first-order valence-corrected chi connectivity index (χ1v) is 7.08. The maximum Gasteiger partial charge on any atom is 0.435 e. The highest BCUT2D eigenvalue weighted by Crippen LogP contribution is 2.31. The summed E-state index contributed by atoms with van der Waals surface area (Å²) in [6.07, 6.45) is -3.29. The summed E-state index contributed by atoms with van der Waals surface area (Å²) in [5.74, 6) is 0.441. The number of nitrogens with two attached hydrogens (primary N) is 1. The van der Waals surface area contributed by atoms with Gasteiger partial charge in [0.2, 0.25) is 0 Å². The van der Waals surface area contributed by atoms with Crippen LogP contribution in [0.5, 0.6) is 5.75 Å². The van der Waals surface area contributed by atoms with Gasteiger partial charge in [0.05, 0.1) is 18.7 Å². The van der Waals surface area contributed by atoms with Crippen molar-refractivity contribution in [2.24, 2.45) is 17.8 Å². The molecule has 2 aromatic rings. The van der Waals surface area contributed by atoms with E-state index in [4.69, 9.17) is 22.1 Å². The van der Waals surface area contributed by atoms with Crippen LogP contribution in [0.3, 0.4) is 0 Å². The van der Waals surface area contributed by atoms with E-state index in [9.17, 15) is 13.2 Å². The predicted octanol–water partition coefficient (Wildman–Crippen LogP) is 3.03. The molecular weight excluding hydrogens is 347 g/mol. The van der Waals surface area contributed by atoms with Crippen LogP contribution in [0.25, 0.3) is 0 Å². The minimum absolute atomic E-state index is 0.0480. The monoisotopic (exact) mass is 361 g/mol. The quantitative estimate of drug-likeness (QED) is 0.648. The molecular formula is C14H15ClF3N5O.